The average molecular weight is 293 g/mol. The Bertz CT molecular complexity index is 694. The number of piperidine rings is 1. The molecule has 1 aliphatic heterocycles. The molecule has 2 heteroatoms. The molecule has 4 rings (SSSR count). The highest BCUT2D eigenvalue weighted by Gasteiger charge is 2.42. The van der Waals surface area contributed by atoms with Crippen molar-refractivity contribution in [2.24, 2.45) is 5.92 Å². The van der Waals surface area contributed by atoms with E-state index in [0.717, 1.165) is 12.3 Å². The first-order valence-corrected chi connectivity index (χ1v) is 8.26. The molecule has 0 aromatic heterocycles. The Morgan fingerprint density at radius 3 is 2.73 bits per heavy atom. The Labute approximate surface area is 132 Å². The van der Waals surface area contributed by atoms with Crippen molar-refractivity contribution in [3.05, 3.63) is 64.7 Å². The van der Waals surface area contributed by atoms with Crippen molar-refractivity contribution in [1.82, 2.24) is 5.32 Å². The lowest BCUT2D eigenvalue weighted by molar-refractivity contribution is 0.286. The first-order valence-electron chi connectivity index (χ1n) is 8.26. The van der Waals surface area contributed by atoms with E-state index in [1.165, 1.54) is 35.1 Å². The molecule has 3 atom stereocenters. The largest absolute Gasteiger partial charge is 0.497 e. The smallest absolute Gasteiger partial charge is 0.119 e. The van der Waals surface area contributed by atoms with Gasteiger partial charge in [-0.1, -0.05) is 30.3 Å². The van der Waals surface area contributed by atoms with E-state index in [0.29, 0.717) is 17.9 Å². The molecule has 0 radical (unpaired) electrons. The third-order valence-electron chi connectivity index (χ3n) is 5.42. The molecule has 1 saturated heterocycles. The highest BCUT2D eigenvalue weighted by atomic mass is 16.5. The van der Waals surface area contributed by atoms with E-state index in [1.807, 2.05) is 0 Å². The molecule has 2 aromatic carbocycles. The topological polar surface area (TPSA) is 21.3 Å². The van der Waals surface area contributed by atoms with Gasteiger partial charge in [0.25, 0.3) is 0 Å². The summed E-state index contributed by atoms with van der Waals surface area (Å²) in [6.45, 7) is 3.36. The molecule has 22 heavy (non-hydrogen) atoms. The lowest BCUT2D eigenvalue weighted by Gasteiger charge is -2.31. The number of nitrogens with one attached hydrogen (secondary N) is 1. The summed E-state index contributed by atoms with van der Waals surface area (Å²) in [6.07, 6.45) is 2.57. The number of hydrogen-bond acceptors (Lipinski definition) is 2. The predicted octanol–water partition coefficient (Wildman–Crippen LogP) is 4.19. The van der Waals surface area contributed by atoms with E-state index < -0.39 is 0 Å². The third kappa shape index (κ3) is 2.05. The van der Waals surface area contributed by atoms with Gasteiger partial charge in [0.2, 0.25) is 0 Å². The molecule has 1 fully saturated rings. The van der Waals surface area contributed by atoms with Crippen LogP contribution in [0.25, 0.3) is 0 Å². The van der Waals surface area contributed by atoms with Gasteiger partial charge in [0.15, 0.2) is 0 Å². The second kappa shape index (κ2) is 5.44. The number of fused-ring (bicyclic) bond motifs is 3. The number of hydrogen-bond donors (Lipinski definition) is 1. The zero-order valence-corrected chi connectivity index (χ0v) is 13.3. The van der Waals surface area contributed by atoms with Gasteiger partial charge >= 0.3 is 0 Å². The fourth-order valence-electron chi connectivity index (χ4n) is 4.41. The van der Waals surface area contributed by atoms with Crippen LogP contribution < -0.4 is 10.1 Å². The number of benzene rings is 2. The number of rotatable bonds is 2. The van der Waals surface area contributed by atoms with Gasteiger partial charge < -0.3 is 10.1 Å². The van der Waals surface area contributed by atoms with Crippen LogP contribution in [0.15, 0.2) is 42.5 Å². The van der Waals surface area contributed by atoms with Crippen LogP contribution >= 0.6 is 0 Å². The van der Waals surface area contributed by atoms with Gasteiger partial charge in [0, 0.05) is 12.0 Å². The van der Waals surface area contributed by atoms with Crippen molar-refractivity contribution in [3.8, 4) is 5.75 Å². The minimum atomic E-state index is 0.475. The number of aryl methyl sites for hydroxylation is 1. The van der Waals surface area contributed by atoms with E-state index in [9.17, 15) is 0 Å². The summed E-state index contributed by atoms with van der Waals surface area (Å²) in [4.78, 5) is 0. The molecule has 0 bridgehead atoms. The van der Waals surface area contributed by atoms with Crippen molar-refractivity contribution < 1.29 is 4.74 Å². The van der Waals surface area contributed by atoms with Crippen molar-refractivity contribution in [2.75, 3.05) is 13.7 Å². The second-order valence-corrected chi connectivity index (χ2v) is 6.57. The van der Waals surface area contributed by atoms with Gasteiger partial charge in [-0.25, -0.2) is 0 Å². The Hall–Kier alpha value is -1.80. The summed E-state index contributed by atoms with van der Waals surface area (Å²) in [5, 5.41) is 3.75. The molecule has 1 heterocycles. The van der Waals surface area contributed by atoms with Crippen LogP contribution in [0.2, 0.25) is 0 Å². The standard InChI is InChI=1S/C20H23NO/c1-13-6-3-4-7-15(13)19-16-10-9-14(22-2)12-18(16)20-17(19)8-5-11-21-20/h3-4,6-7,9-10,12,17,19-21H,5,8,11H2,1-2H3. The summed E-state index contributed by atoms with van der Waals surface area (Å²) in [6, 6.07) is 16.0. The summed E-state index contributed by atoms with van der Waals surface area (Å²) in [5.41, 5.74) is 5.82. The van der Waals surface area contributed by atoms with Crippen LogP contribution in [-0.4, -0.2) is 13.7 Å². The Balaban J connectivity index is 1.87. The Morgan fingerprint density at radius 1 is 1.05 bits per heavy atom. The maximum Gasteiger partial charge on any atom is 0.119 e. The van der Waals surface area contributed by atoms with Crippen LogP contribution in [0.4, 0.5) is 0 Å². The lowest BCUT2D eigenvalue weighted by Crippen LogP contribution is -2.33. The lowest BCUT2D eigenvalue weighted by atomic mass is 9.79. The fourth-order valence-corrected chi connectivity index (χ4v) is 4.41. The van der Waals surface area contributed by atoms with Crippen molar-refractivity contribution in [1.29, 1.82) is 0 Å². The minimum Gasteiger partial charge on any atom is -0.497 e. The monoisotopic (exact) mass is 293 g/mol. The van der Waals surface area contributed by atoms with Gasteiger partial charge in [-0.3, -0.25) is 0 Å². The van der Waals surface area contributed by atoms with Gasteiger partial charge in [-0.15, -0.1) is 0 Å². The van der Waals surface area contributed by atoms with Crippen molar-refractivity contribution in [3.63, 3.8) is 0 Å². The zero-order valence-electron chi connectivity index (χ0n) is 13.3. The van der Waals surface area contributed by atoms with E-state index in [-0.39, 0.29) is 0 Å². The van der Waals surface area contributed by atoms with Crippen LogP contribution in [0.3, 0.4) is 0 Å². The van der Waals surface area contributed by atoms with Crippen molar-refractivity contribution >= 4 is 0 Å². The van der Waals surface area contributed by atoms with E-state index in [2.05, 4.69) is 54.7 Å². The average Bonchev–Trinajstić information content (AvgIpc) is 2.89. The number of methoxy groups -OCH3 is 1. The predicted molar refractivity (Wildman–Crippen MR) is 89.5 cm³/mol. The second-order valence-electron chi connectivity index (χ2n) is 6.57. The molecule has 1 aliphatic carbocycles. The molecule has 2 nitrogen and oxygen atoms in total. The molecule has 1 N–H and O–H groups in total. The fraction of sp³-hybridized carbons (Fsp3) is 0.400. The van der Waals surface area contributed by atoms with Gasteiger partial charge in [0.05, 0.1) is 7.11 Å². The molecule has 2 aliphatic rings. The summed E-state index contributed by atoms with van der Waals surface area (Å²) in [5.74, 6) is 2.15. The maximum absolute atomic E-state index is 5.46. The molecule has 114 valence electrons. The highest BCUT2D eigenvalue weighted by molar-refractivity contribution is 5.50. The molecule has 2 aromatic rings. The minimum absolute atomic E-state index is 0.475. The van der Waals surface area contributed by atoms with Crippen molar-refractivity contribution in [2.45, 2.75) is 31.7 Å². The molecule has 0 amide bonds. The zero-order chi connectivity index (χ0) is 15.1. The van der Waals surface area contributed by atoms with Crippen LogP contribution in [-0.2, 0) is 0 Å². The quantitative estimate of drug-likeness (QED) is 0.896. The third-order valence-corrected chi connectivity index (χ3v) is 5.42. The van der Waals surface area contributed by atoms with Crippen LogP contribution in [0.5, 0.6) is 5.75 Å². The normalized spacial score (nSPS) is 26.4. The maximum atomic E-state index is 5.46. The molecule has 0 spiro atoms. The van der Waals surface area contributed by atoms with Crippen LogP contribution in [0, 0.1) is 12.8 Å². The number of ether oxygens (including phenoxy) is 1. The van der Waals surface area contributed by atoms with E-state index in [1.54, 1.807) is 7.11 Å². The Morgan fingerprint density at radius 2 is 1.91 bits per heavy atom. The Kier molecular flexibility index (Phi) is 3.42. The van der Waals surface area contributed by atoms with Gasteiger partial charge in [-0.2, -0.15) is 0 Å². The SMILES string of the molecule is COc1ccc2c(c1)C1NCCCC1C2c1ccccc1C. The first kappa shape index (κ1) is 13.8. The molecule has 0 saturated carbocycles. The van der Waals surface area contributed by atoms with E-state index in [4.69, 9.17) is 4.74 Å². The summed E-state index contributed by atoms with van der Waals surface area (Å²) >= 11 is 0. The summed E-state index contributed by atoms with van der Waals surface area (Å²) in [7, 11) is 1.75. The van der Waals surface area contributed by atoms with E-state index >= 15 is 0 Å². The first-order chi connectivity index (χ1) is 10.8. The molecule has 3 unspecified atom stereocenters. The molecular weight excluding hydrogens is 270 g/mol. The van der Waals surface area contributed by atoms with Gasteiger partial charge in [0.1, 0.15) is 5.75 Å². The highest BCUT2D eigenvalue weighted by Crippen LogP contribution is 2.52. The summed E-state index contributed by atoms with van der Waals surface area (Å²) < 4.78 is 5.46. The van der Waals surface area contributed by atoms with Crippen LogP contribution in [0.1, 0.15) is 47.1 Å². The molecular formula is C20H23NO. The van der Waals surface area contributed by atoms with Gasteiger partial charge in [-0.05, 0) is 66.6 Å².